The molecule has 1 N–H and O–H groups in total. The van der Waals surface area contributed by atoms with Crippen molar-refractivity contribution < 1.29 is 4.79 Å². The first-order chi connectivity index (χ1) is 10.8. The van der Waals surface area contributed by atoms with Crippen molar-refractivity contribution in [3.63, 3.8) is 0 Å². The van der Waals surface area contributed by atoms with Crippen LogP contribution < -0.4 is 5.32 Å². The predicted octanol–water partition coefficient (Wildman–Crippen LogP) is 1.93. The number of aromatic nitrogens is 3. The van der Waals surface area contributed by atoms with Crippen LogP contribution in [-0.4, -0.2) is 45.9 Å². The summed E-state index contributed by atoms with van der Waals surface area (Å²) in [5, 5.41) is 3.06. The van der Waals surface area contributed by atoms with Gasteiger partial charge in [0.05, 0.1) is 6.20 Å². The summed E-state index contributed by atoms with van der Waals surface area (Å²) in [5.41, 5.74) is 1.63. The number of carbonyl (C=O) groups excluding carboxylic acids is 1. The Balaban J connectivity index is 1.75. The van der Waals surface area contributed by atoms with E-state index in [-0.39, 0.29) is 5.91 Å². The third-order valence-electron chi connectivity index (χ3n) is 4.00. The zero-order chi connectivity index (χ0) is 15.4. The monoisotopic (exact) mass is 297 g/mol. The molecule has 3 heterocycles. The van der Waals surface area contributed by atoms with E-state index in [4.69, 9.17) is 0 Å². The van der Waals surface area contributed by atoms with Crippen LogP contribution in [0.25, 0.3) is 0 Å². The summed E-state index contributed by atoms with van der Waals surface area (Å²) < 4.78 is 0. The number of rotatable bonds is 3. The van der Waals surface area contributed by atoms with Gasteiger partial charge in [-0.25, -0.2) is 9.97 Å². The SMILES string of the molecule is CNc1cc([C@@H]2CCCN(C(=O)c3cnccn3)C2)ccn1. The van der Waals surface area contributed by atoms with Crippen LogP contribution in [0.2, 0.25) is 0 Å². The molecule has 0 aliphatic carbocycles. The molecule has 0 spiro atoms. The second-order valence-corrected chi connectivity index (χ2v) is 5.41. The third-order valence-corrected chi connectivity index (χ3v) is 4.00. The van der Waals surface area contributed by atoms with E-state index in [2.05, 4.69) is 26.3 Å². The lowest BCUT2D eigenvalue weighted by Gasteiger charge is -2.32. The van der Waals surface area contributed by atoms with Gasteiger partial charge in [-0.05, 0) is 30.5 Å². The summed E-state index contributed by atoms with van der Waals surface area (Å²) in [4.78, 5) is 26.7. The van der Waals surface area contributed by atoms with Gasteiger partial charge in [-0.1, -0.05) is 0 Å². The van der Waals surface area contributed by atoms with Crippen LogP contribution in [0.4, 0.5) is 5.82 Å². The van der Waals surface area contributed by atoms with Gasteiger partial charge in [0.25, 0.3) is 5.91 Å². The maximum atomic E-state index is 12.5. The molecule has 1 saturated heterocycles. The van der Waals surface area contributed by atoms with Gasteiger partial charge in [-0.2, -0.15) is 0 Å². The number of hydrogen-bond acceptors (Lipinski definition) is 5. The minimum absolute atomic E-state index is 0.0410. The molecule has 0 saturated carbocycles. The van der Waals surface area contributed by atoms with E-state index in [1.54, 1.807) is 12.4 Å². The molecule has 114 valence electrons. The van der Waals surface area contributed by atoms with Gasteiger partial charge in [0.2, 0.25) is 0 Å². The number of nitrogens with zero attached hydrogens (tertiary/aromatic N) is 4. The largest absolute Gasteiger partial charge is 0.373 e. The fourth-order valence-corrected chi connectivity index (χ4v) is 2.84. The summed E-state index contributed by atoms with van der Waals surface area (Å²) in [7, 11) is 1.86. The number of pyridine rings is 1. The van der Waals surface area contributed by atoms with E-state index in [1.807, 2.05) is 24.2 Å². The van der Waals surface area contributed by atoms with E-state index < -0.39 is 0 Å². The minimum Gasteiger partial charge on any atom is -0.373 e. The van der Waals surface area contributed by atoms with Crippen molar-refractivity contribution in [2.24, 2.45) is 0 Å². The molecular weight excluding hydrogens is 278 g/mol. The van der Waals surface area contributed by atoms with Gasteiger partial charge in [-0.3, -0.25) is 9.78 Å². The lowest BCUT2D eigenvalue weighted by atomic mass is 9.91. The van der Waals surface area contributed by atoms with Gasteiger partial charge in [-0.15, -0.1) is 0 Å². The molecule has 0 unspecified atom stereocenters. The maximum absolute atomic E-state index is 12.5. The Morgan fingerprint density at radius 3 is 3.00 bits per heavy atom. The van der Waals surface area contributed by atoms with Gasteiger partial charge in [0, 0.05) is 44.6 Å². The molecule has 22 heavy (non-hydrogen) atoms. The Morgan fingerprint density at radius 1 is 1.32 bits per heavy atom. The fourth-order valence-electron chi connectivity index (χ4n) is 2.84. The number of likely N-dealkylation sites (tertiary alicyclic amines) is 1. The van der Waals surface area contributed by atoms with Crippen molar-refractivity contribution in [2.75, 3.05) is 25.5 Å². The molecule has 1 aliphatic rings. The number of carbonyl (C=O) groups is 1. The first-order valence-electron chi connectivity index (χ1n) is 7.47. The Morgan fingerprint density at radius 2 is 2.23 bits per heavy atom. The number of piperidine rings is 1. The molecule has 2 aromatic rings. The van der Waals surface area contributed by atoms with E-state index in [9.17, 15) is 4.79 Å². The maximum Gasteiger partial charge on any atom is 0.274 e. The molecule has 1 amide bonds. The second kappa shape index (κ2) is 6.51. The van der Waals surface area contributed by atoms with Crippen molar-refractivity contribution in [2.45, 2.75) is 18.8 Å². The average molecular weight is 297 g/mol. The first-order valence-corrected chi connectivity index (χ1v) is 7.47. The van der Waals surface area contributed by atoms with Crippen LogP contribution in [0.3, 0.4) is 0 Å². The van der Waals surface area contributed by atoms with Crippen LogP contribution in [-0.2, 0) is 0 Å². The summed E-state index contributed by atoms with van der Waals surface area (Å²) in [6.45, 7) is 1.48. The molecule has 2 aromatic heterocycles. The highest BCUT2D eigenvalue weighted by Crippen LogP contribution is 2.28. The topological polar surface area (TPSA) is 71.0 Å². The number of amides is 1. The molecule has 1 fully saturated rings. The number of hydrogen-bond donors (Lipinski definition) is 1. The molecule has 0 bridgehead atoms. The molecule has 1 atom stereocenters. The van der Waals surface area contributed by atoms with E-state index in [0.29, 0.717) is 18.2 Å². The van der Waals surface area contributed by atoms with Crippen molar-refractivity contribution in [1.82, 2.24) is 19.9 Å². The normalized spacial score (nSPS) is 18.0. The van der Waals surface area contributed by atoms with Crippen molar-refractivity contribution in [1.29, 1.82) is 0 Å². The quantitative estimate of drug-likeness (QED) is 0.937. The van der Waals surface area contributed by atoms with Crippen molar-refractivity contribution >= 4 is 11.7 Å². The summed E-state index contributed by atoms with van der Waals surface area (Å²) in [6.07, 6.45) is 8.54. The Kier molecular flexibility index (Phi) is 4.27. The summed E-state index contributed by atoms with van der Waals surface area (Å²) in [5.74, 6) is 1.15. The summed E-state index contributed by atoms with van der Waals surface area (Å²) >= 11 is 0. The van der Waals surface area contributed by atoms with Crippen LogP contribution in [0.1, 0.15) is 34.8 Å². The predicted molar refractivity (Wildman–Crippen MR) is 83.7 cm³/mol. The standard InChI is InChI=1S/C16H19N5O/c1-17-15-9-12(4-5-20-15)13-3-2-8-21(11-13)16(22)14-10-18-6-7-19-14/h4-7,9-10,13H,2-3,8,11H2,1H3,(H,17,20)/t13-/m1/s1. The smallest absolute Gasteiger partial charge is 0.274 e. The van der Waals surface area contributed by atoms with E-state index in [0.717, 1.165) is 25.2 Å². The molecular formula is C16H19N5O. The minimum atomic E-state index is -0.0410. The van der Waals surface area contributed by atoms with E-state index in [1.165, 1.54) is 11.8 Å². The first kappa shape index (κ1) is 14.4. The van der Waals surface area contributed by atoms with Crippen molar-refractivity contribution in [3.05, 3.63) is 48.2 Å². The van der Waals surface area contributed by atoms with Gasteiger partial charge in [0.1, 0.15) is 11.5 Å². The van der Waals surface area contributed by atoms with Crippen LogP contribution in [0.5, 0.6) is 0 Å². The van der Waals surface area contributed by atoms with E-state index >= 15 is 0 Å². The number of nitrogens with one attached hydrogen (secondary N) is 1. The Hall–Kier alpha value is -2.50. The molecule has 6 nitrogen and oxygen atoms in total. The van der Waals surface area contributed by atoms with Crippen molar-refractivity contribution in [3.8, 4) is 0 Å². The molecule has 3 rings (SSSR count). The Bertz CT molecular complexity index is 646. The van der Waals surface area contributed by atoms with Gasteiger partial charge in [0.15, 0.2) is 0 Å². The van der Waals surface area contributed by atoms with Crippen LogP contribution in [0.15, 0.2) is 36.9 Å². The highest BCUT2D eigenvalue weighted by molar-refractivity contribution is 5.92. The zero-order valence-corrected chi connectivity index (χ0v) is 12.6. The average Bonchev–Trinajstić information content (AvgIpc) is 2.62. The molecule has 1 aliphatic heterocycles. The fraction of sp³-hybridized carbons (Fsp3) is 0.375. The Labute approximate surface area is 129 Å². The van der Waals surface area contributed by atoms with Crippen LogP contribution in [0, 0.1) is 0 Å². The molecule has 0 radical (unpaired) electrons. The third kappa shape index (κ3) is 3.05. The second-order valence-electron chi connectivity index (χ2n) is 5.41. The summed E-state index contributed by atoms with van der Waals surface area (Å²) in [6, 6.07) is 4.09. The lowest BCUT2D eigenvalue weighted by molar-refractivity contribution is 0.0700. The highest BCUT2D eigenvalue weighted by atomic mass is 16.2. The van der Waals surface area contributed by atoms with Gasteiger partial charge < -0.3 is 10.2 Å². The molecule has 0 aromatic carbocycles. The molecule has 6 heteroatoms. The lowest BCUT2D eigenvalue weighted by Crippen LogP contribution is -2.39. The van der Waals surface area contributed by atoms with Crippen LogP contribution >= 0.6 is 0 Å². The highest BCUT2D eigenvalue weighted by Gasteiger charge is 2.26. The van der Waals surface area contributed by atoms with Gasteiger partial charge >= 0.3 is 0 Å². The number of anilines is 1. The zero-order valence-electron chi connectivity index (χ0n) is 12.6.